The standard InChI is InChI=1S/C13H15N2O3/c16-10-7-5-9(6-8-10)14-13(17)11-3-1-2-4-12(11)15(14)18/h1-4,9-10,16H,5-8H2/q+1/t9-,10-. The van der Waals surface area contributed by atoms with E-state index in [-0.39, 0.29) is 18.1 Å². The van der Waals surface area contributed by atoms with Crippen LogP contribution in [0.15, 0.2) is 24.3 Å². The molecule has 0 aromatic heterocycles. The second-order valence-electron chi connectivity index (χ2n) is 4.90. The molecule has 5 heteroatoms. The number of aliphatic hydroxyl groups excluding tert-OH is 1. The van der Waals surface area contributed by atoms with Crippen LogP contribution in [0.25, 0.3) is 0 Å². The molecule has 0 radical (unpaired) electrons. The Labute approximate surface area is 105 Å². The molecule has 3 rings (SSSR count). The van der Waals surface area contributed by atoms with Crippen LogP contribution in [-0.4, -0.2) is 33.0 Å². The molecule has 1 heterocycles. The van der Waals surface area contributed by atoms with Gasteiger partial charge < -0.3 is 5.11 Å². The molecule has 0 atom stereocenters. The second-order valence-corrected chi connectivity index (χ2v) is 4.90. The predicted octanol–water partition coefficient (Wildman–Crippen LogP) is 1.77. The monoisotopic (exact) mass is 247 g/mol. The van der Waals surface area contributed by atoms with E-state index in [4.69, 9.17) is 0 Å². The average Bonchev–Trinajstić information content (AvgIpc) is 2.64. The SMILES string of the molecule is O=C1c2ccccc2[N+](=O)N1[C@H]1CC[C@H](O)CC1. The van der Waals surface area contributed by atoms with E-state index in [0.717, 1.165) is 0 Å². The Morgan fingerprint density at radius 2 is 1.83 bits per heavy atom. The van der Waals surface area contributed by atoms with Crippen molar-refractivity contribution in [2.24, 2.45) is 0 Å². The lowest BCUT2D eigenvalue weighted by Crippen LogP contribution is -2.43. The molecular weight excluding hydrogens is 232 g/mol. The molecule has 94 valence electrons. The molecule has 1 aromatic rings. The van der Waals surface area contributed by atoms with E-state index >= 15 is 0 Å². The van der Waals surface area contributed by atoms with E-state index in [1.54, 1.807) is 24.3 Å². The molecule has 2 aliphatic rings. The highest BCUT2D eigenvalue weighted by Gasteiger charge is 2.48. The lowest BCUT2D eigenvalue weighted by atomic mass is 9.92. The van der Waals surface area contributed by atoms with Gasteiger partial charge in [0, 0.05) is 6.07 Å². The number of fused-ring (bicyclic) bond motifs is 1. The van der Waals surface area contributed by atoms with Crippen molar-refractivity contribution >= 4 is 11.6 Å². The van der Waals surface area contributed by atoms with E-state index in [0.29, 0.717) is 41.8 Å². The van der Waals surface area contributed by atoms with Gasteiger partial charge >= 0.3 is 11.6 Å². The van der Waals surface area contributed by atoms with Gasteiger partial charge in [0.15, 0.2) is 4.87 Å². The zero-order chi connectivity index (χ0) is 12.7. The van der Waals surface area contributed by atoms with Gasteiger partial charge in [-0.3, -0.25) is 4.79 Å². The first-order valence-electron chi connectivity index (χ1n) is 6.26. The summed E-state index contributed by atoms with van der Waals surface area (Å²) in [6, 6.07) is 6.77. The number of hydrogen-bond acceptors (Lipinski definition) is 3. The molecule has 0 bridgehead atoms. The normalized spacial score (nSPS) is 27.5. The largest absolute Gasteiger partial charge is 0.393 e. The van der Waals surface area contributed by atoms with Crippen molar-refractivity contribution in [3.63, 3.8) is 0 Å². The first-order valence-corrected chi connectivity index (χ1v) is 6.26. The average molecular weight is 247 g/mol. The Bertz CT molecular complexity index is 472. The number of hydrogen-bond donors (Lipinski definition) is 1. The van der Waals surface area contributed by atoms with Crippen molar-refractivity contribution < 1.29 is 14.8 Å². The maximum atomic E-state index is 12.2. The smallest absolute Gasteiger partial charge is 0.320 e. The topological polar surface area (TPSA) is 60.6 Å². The fraction of sp³-hybridized carbons (Fsp3) is 0.462. The van der Waals surface area contributed by atoms with Gasteiger partial charge in [0.1, 0.15) is 5.56 Å². The number of carbonyl (C=O) groups excluding carboxylic acids is 1. The number of rotatable bonds is 1. The molecule has 1 aliphatic heterocycles. The van der Waals surface area contributed by atoms with Gasteiger partial charge in [-0.1, -0.05) is 17.1 Å². The fourth-order valence-electron chi connectivity index (χ4n) is 2.76. The van der Waals surface area contributed by atoms with Crippen molar-refractivity contribution in [2.75, 3.05) is 0 Å². The van der Waals surface area contributed by atoms with Crippen molar-refractivity contribution in [2.45, 2.75) is 37.8 Å². The summed E-state index contributed by atoms with van der Waals surface area (Å²) in [7, 11) is 0. The summed E-state index contributed by atoms with van der Waals surface area (Å²) < 4.78 is 0. The summed E-state index contributed by atoms with van der Waals surface area (Å²) in [5, 5.41) is 10.8. The van der Waals surface area contributed by atoms with Gasteiger partial charge in [-0.25, -0.2) is 0 Å². The van der Waals surface area contributed by atoms with Crippen LogP contribution < -0.4 is 0 Å². The van der Waals surface area contributed by atoms with Crippen LogP contribution >= 0.6 is 0 Å². The van der Waals surface area contributed by atoms with E-state index in [1.165, 1.54) is 5.01 Å². The molecule has 18 heavy (non-hydrogen) atoms. The molecule has 1 amide bonds. The molecule has 0 spiro atoms. The molecule has 5 nitrogen and oxygen atoms in total. The second kappa shape index (κ2) is 4.17. The first-order chi connectivity index (χ1) is 8.68. The molecule has 1 saturated carbocycles. The number of benzene rings is 1. The Hall–Kier alpha value is -1.75. The third-order valence-corrected chi connectivity index (χ3v) is 3.76. The molecule has 1 N–H and O–H groups in total. The number of hydrazine groups is 1. The van der Waals surface area contributed by atoms with Crippen LogP contribution in [-0.2, 0) is 0 Å². The maximum absolute atomic E-state index is 12.2. The van der Waals surface area contributed by atoms with E-state index in [2.05, 4.69) is 0 Å². The minimum Gasteiger partial charge on any atom is -0.393 e. The van der Waals surface area contributed by atoms with E-state index < -0.39 is 0 Å². The van der Waals surface area contributed by atoms with Gasteiger partial charge in [0.2, 0.25) is 0 Å². The van der Waals surface area contributed by atoms with Crippen LogP contribution in [0.1, 0.15) is 36.0 Å². The first kappa shape index (κ1) is 11.3. The number of nitrogens with zero attached hydrogens (tertiary/aromatic N) is 2. The van der Waals surface area contributed by atoms with Gasteiger partial charge in [-0.2, -0.15) is 0 Å². The lowest BCUT2D eigenvalue weighted by molar-refractivity contribution is -0.620. The quantitative estimate of drug-likeness (QED) is 0.769. The zero-order valence-electron chi connectivity index (χ0n) is 9.95. The van der Waals surface area contributed by atoms with Crippen molar-refractivity contribution in [1.82, 2.24) is 5.01 Å². The Morgan fingerprint density at radius 1 is 1.17 bits per heavy atom. The number of aliphatic hydroxyl groups is 1. The highest BCUT2D eigenvalue weighted by atomic mass is 16.3. The number of carbonyl (C=O) groups is 1. The third kappa shape index (κ3) is 1.62. The van der Waals surface area contributed by atoms with Crippen molar-refractivity contribution in [3.05, 3.63) is 34.7 Å². The van der Waals surface area contributed by atoms with Crippen LogP contribution in [0.4, 0.5) is 5.69 Å². The summed E-state index contributed by atoms with van der Waals surface area (Å²) in [4.78, 5) is 25.1. The summed E-state index contributed by atoms with van der Waals surface area (Å²) in [5.41, 5.74) is 0.896. The summed E-state index contributed by atoms with van der Waals surface area (Å²) >= 11 is 0. The lowest BCUT2D eigenvalue weighted by Gasteiger charge is -2.26. The Kier molecular flexibility index (Phi) is 2.63. The minimum absolute atomic E-state index is 0.0919. The van der Waals surface area contributed by atoms with E-state index in [1.807, 2.05) is 0 Å². The summed E-state index contributed by atoms with van der Waals surface area (Å²) in [5.74, 6) is -0.220. The van der Waals surface area contributed by atoms with Crippen molar-refractivity contribution in [1.29, 1.82) is 0 Å². The van der Waals surface area contributed by atoms with Crippen LogP contribution in [0.2, 0.25) is 0 Å². The zero-order valence-corrected chi connectivity index (χ0v) is 9.95. The third-order valence-electron chi connectivity index (χ3n) is 3.76. The van der Waals surface area contributed by atoms with Gasteiger partial charge in [0.25, 0.3) is 0 Å². The highest BCUT2D eigenvalue weighted by Crippen LogP contribution is 2.34. The van der Waals surface area contributed by atoms with Gasteiger partial charge in [0.05, 0.1) is 17.1 Å². The highest BCUT2D eigenvalue weighted by molar-refractivity contribution is 5.99. The molecule has 1 aromatic carbocycles. The Balaban J connectivity index is 1.88. The Morgan fingerprint density at radius 3 is 2.50 bits per heavy atom. The number of amides is 1. The van der Waals surface area contributed by atoms with Crippen LogP contribution in [0.3, 0.4) is 0 Å². The number of para-hydroxylation sites is 1. The summed E-state index contributed by atoms with van der Waals surface area (Å²) in [6.45, 7) is 0. The predicted molar refractivity (Wildman–Crippen MR) is 64.2 cm³/mol. The minimum atomic E-state index is -0.290. The molecule has 0 saturated heterocycles. The molecule has 1 fully saturated rings. The number of nitroso groups, excluding NO2 is 1. The fourth-order valence-corrected chi connectivity index (χ4v) is 2.76. The van der Waals surface area contributed by atoms with E-state index in [9.17, 15) is 14.8 Å². The molecule has 1 aliphatic carbocycles. The van der Waals surface area contributed by atoms with Gasteiger partial charge in [-0.15, -0.1) is 0 Å². The molecular formula is C13H15N2O3+. The van der Waals surface area contributed by atoms with Crippen LogP contribution in [0, 0.1) is 4.91 Å². The molecule has 0 unspecified atom stereocenters. The maximum Gasteiger partial charge on any atom is 0.320 e. The van der Waals surface area contributed by atoms with Crippen LogP contribution in [0.5, 0.6) is 0 Å². The summed E-state index contributed by atoms with van der Waals surface area (Å²) in [6.07, 6.45) is 2.37. The van der Waals surface area contributed by atoms with Crippen molar-refractivity contribution in [3.8, 4) is 0 Å². The van der Waals surface area contributed by atoms with Gasteiger partial charge in [-0.05, 0) is 31.7 Å².